The molecule has 1 aliphatic carbocycles. The molecule has 2 aliphatic rings. The largest absolute Gasteiger partial charge is 0.381 e. The fourth-order valence-corrected chi connectivity index (χ4v) is 4.49. The van der Waals surface area contributed by atoms with Gasteiger partial charge in [0.15, 0.2) is 5.78 Å². The second-order valence-corrected chi connectivity index (χ2v) is 7.84. The summed E-state index contributed by atoms with van der Waals surface area (Å²) >= 11 is 0. The predicted octanol–water partition coefficient (Wildman–Crippen LogP) is 3.46. The fourth-order valence-electron chi connectivity index (χ4n) is 4.49. The number of Topliss-reactive ketones (excluding diaryl/α,β-unsaturated/α-hetero) is 1. The molecule has 1 fully saturated rings. The summed E-state index contributed by atoms with van der Waals surface area (Å²) in [4.78, 5) is 28.3. The van der Waals surface area contributed by atoms with E-state index in [1.54, 1.807) is 12.1 Å². The summed E-state index contributed by atoms with van der Waals surface area (Å²) in [5.41, 5.74) is 3.26. The first-order chi connectivity index (χ1) is 13.5. The van der Waals surface area contributed by atoms with Crippen molar-refractivity contribution in [1.82, 2.24) is 10.3 Å². The second kappa shape index (κ2) is 7.51. The molecule has 2 N–H and O–H groups in total. The SMILES string of the molecule is Cc1c(C(=O)NCC2(c3cccc(F)c3)CCOCC2)[nH]c2c1C(=O)CCC2. The number of aromatic amines is 1. The van der Waals surface area contributed by atoms with Gasteiger partial charge >= 0.3 is 0 Å². The number of carbonyl (C=O) groups is 2. The van der Waals surface area contributed by atoms with Gasteiger partial charge in [-0.05, 0) is 55.9 Å². The number of carbonyl (C=O) groups excluding carboxylic acids is 2. The van der Waals surface area contributed by atoms with Crippen LogP contribution >= 0.6 is 0 Å². The summed E-state index contributed by atoms with van der Waals surface area (Å²) in [6.45, 7) is 3.38. The predicted molar refractivity (Wildman–Crippen MR) is 103 cm³/mol. The van der Waals surface area contributed by atoms with Gasteiger partial charge in [0.05, 0.1) is 0 Å². The van der Waals surface area contributed by atoms with Gasteiger partial charge in [-0.15, -0.1) is 0 Å². The van der Waals surface area contributed by atoms with E-state index >= 15 is 0 Å². The average Bonchev–Trinajstić information content (AvgIpc) is 3.05. The molecule has 1 saturated heterocycles. The third kappa shape index (κ3) is 3.37. The topological polar surface area (TPSA) is 71.2 Å². The average molecular weight is 384 g/mol. The van der Waals surface area contributed by atoms with Crippen molar-refractivity contribution in [1.29, 1.82) is 0 Å². The summed E-state index contributed by atoms with van der Waals surface area (Å²) in [5, 5.41) is 3.03. The third-order valence-corrected chi connectivity index (χ3v) is 6.14. The molecule has 1 aromatic heterocycles. The van der Waals surface area contributed by atoms with Crippen molar-refractivity contribution < 1.29 is 18.7 Å². The molecule has 1 aromatic carbocycles. The Morgan fingerprint density at radius 3 is 2.79 bits per heavy atom. The highest BCUT2D eigenvalue weighted by molar-refractivity contribution is 6.04. The molecule has 0 unspecified atom stereocenters. The molecule has 2 heterocycles. The molecule has 0 radical (unpaired) electrons. The number of ether oxygens (including phenoxy) is 1. The highest BCUT2D eigenvalue weighted by atomic mass is 19.1. The van der Waals surface area contributed by atoms with Crippen LogP contribution < -0.4 is 5.32 Å². The molecule has 5 nitrogen and oxygen atoms in total. The molecule has 2 aromatic rings. The van der Waals surface area contributed by atoms with E-state index in [4.69, 9.17) is 4.74 Å². The minimum atomic E-state index is -0.355. The van der Waals surface area contributed by atoms with Crippen molar-refractivity contribution >= 4 is 11.7 Å². The van der Waals surface area contributed by atoms with E-state index in [1.807, 2.05) is 13.0 Å². The zero-order valence-corrected chi connectivity index (χ0v) is 16.1. The number of halogens is 1. The summed E-state index contributed by atoms with van der Waals surface area (Å²) in [5.74, 6) is -0.391. The Bertz CT molecular complexity index is 913. The normalized spacial score (nSPS) is 18.6. The molecule has 0 saturated carbocycles. The molecule has 0 spiro atoms. The van der Waals surface area contributed by atoms with E-state index < -0.39 is 0 Å². The van der Waals surface area contributed by atoms with E-state index in [-0.39, 0.29) is 22.9 Å². The maximum Gasteiger partial charge on any atom is 0.268 e. The van der Waals surface area contributed by atoms with Crippen molar-refractivity contribution in [3.8, 4) is 0 Å². The Morgan fingerprint density at radius 2 is 2.07 bits per heavy atom. The van der Waals surface area contributed by atoms with Gasteiger partial charge in [0.2, 0.25) is 0 Å². The smallest absolute Gasteiger partial charge is 0.268 e. The van der Waals surface area contributed by atoms with Gasteiger partial charge in [-0.2, -0.15) is 0 Å². The third-order valence-electron chi connectivity index (χ3n) is 6.14. The van der Waals surface area contributed by atoms with Crippen molar-refractivity contribution in [2.24, 2.45) is 0 Å². The molecule has 0 atom stereocenters. The number of hydrogen-bond acceptors (Lipinski definition) is 3. The maximum absolute atomic E-state index is 13.8. The van der Waals surface area contributed by atoms with Crippen LogP contribution in [-0.2, 0) is 16.6 Å². The lowest BCUT2D eigenvalue weighted by Crippen LogP contribution is -2.44. The summed E-state index contributed by atoms with van der Waals surface area (Å²) < 4.78 is 19.3. The van der Waals surface area contributed by atoms with E-state index in [0.29, 0.717) is 37.4 Å². The van der Waals surface area contributed by atoms with Gasteiger partial charge < -0.3 is 15.0 Å². The molecule has 0 bridgehead atoms. The first kappa shape index (κ1) is 18.9. The van der Waals surface area contributed by atoms with Crippen molar-refractivity contribution in [2.75, 3.05) is 19.8 Å². The Labute approximate surface area is 163 Å². The number of rotatable bonds is 4. The van der Waals surface area contributed by atoms with Crippen LogP contribution in [0.4, 0.5) is 4.39 Å². The first-order valence-electron chi connectivity index (χ1n) is 9.87. The number of H-pyrrole nitrogens is 1. The summed E-state index contributed by atoms with van der Waals surface area (Å²) in [6, 6.07) is 6.60. The number of fused-ring (bicyclic) bond motifs is 1. The van der Waals surface area contributed by atoms with Crippen molar-refractivity contribution in [2.45, 2.75) is 44.4 Å². The lowest BCUT2D eigenvalue weighted by molar-refractivity contribution is 0.0485. The first-order valence-corrected chi connectivity index (χ1v) is 9.87. The zero-order chi connectivity index (χ0) is 19.7. The van der Waals surface area contributed by atoms with Gasteiger partial charge in [0.1, 0.15) is 11.5 Å². The van der Waals surface area contributed by atoms with Crippen LogP contribution in [0.15, 0.2) is 24.3 Å². The van der Waals surface area contributed by atoms with Crippen LogP contribution in [0.25, 0.3) is 0 Å². The standard InChI is InChI=1S/C22H25FN2O3/c1-14-19-17(6-3-7-18(19)26)25-20(14)21(27)24-13-22(8-10-28-11-9-22)15-4-2-5-16(23)12-15/h2,4-5,12,25H,3,6-11,13H2,1H3,(H,24,27). The fraction of sp³-hybridized carbons (Fsp3) is 0.455. The van der Waals surface area contributed by atoms with Gasteiger partial charge in [-0.3, -0.25) is 9.59 Å². The minimum absolute atomic E-state index is 0.106. The number of benzene rings is 1. The van der Waals surface area contributed by atoms with Crippen LogP contribution in [-0.4, -0.2) is 36.4 Å². The van der Waals surface area contributed by atoms with Gasteiger partial charge in [0, 0.05) is 42.9 Å². The molecule has 148 valence electrons. The van der Waals surface area contributed by atoms with Crippen LogP contribution in [0.3, 0.4) is 0 Å². The molecular weight excluding hydrogens is 359 g/mol. The number of aromatic nitrogens is 1. The lowest BCUT2D eigenvalue weighted by Gasteiger charge is -2.38. The van der Waals surface area contributed by atoms with Gasteiger partial charge in [-0.1, -0.05) is 12.1 Å². The zero-order valence-electron chi connectivity index (χ0n) is 16.1. The van der Waals surface area contributed by atoms with Crippen LogP contribution in [0.2, 0.25) is 0 Å². The monoisotopic (exact) mass is 384 g/mol. The number of amides is 1. The molecule has 4 rings (SSSR count). The maximum atomic E-state index is 13.8. The Kier molecular flexibility index (Phi) is 5.06. The summed E-state index contributed by atoms with van der Waals surface area (Å²) in [7, 11) is 0. The Balaban J connectivity index is 1.56. The van der Waals surface area contributed by atoms with E-state index in [0.717, 1.165) is 42.5 Å². The number of aryl methyl sites for hydroxylation is 1. The Hall–Kier alpha value is -2.47. The molecule has 1 aliphatic heterocycles. The molecule has 28 heavy (non-hydrogen) atoms. The number of nitrogens with one attached hydrogen (secondary N) is 2. The summed E-state index contributed by atoms with van der Waals surface area (Å²) in [6.07, 6.45) is 3.58. The minimum Gasteiger partial charge on any atom is -0.381 e. The molecule has 1 amide bonds. The highest BCUT2D eigenvalue weighted by Crippen LogP contribution is 2.35. The van der Waals surface area contributed by atoms with Crippen LogP contribution in [0.1, 0.15) is 63.4 Å². The highest BCUT2D eigenvalue weighted by Gasteiger charge is 2.36. The van der Waals surface area contributed by atoms with Gasteiger partial charge in [0.25, 0.3) is 5.91 Å². The molecular formula is C22H25FN2O3. The lowest BCUT2D eigenvalue weighted by atomic mass is 9.74. The van der Waals surface area contributed by atoms with Crippen LogP contribution in [0.5, 0.6) is 0 Å². The molecule has 6 heteroatoms. The number of hydrogen-bond donors (Lipinski definition) is 2. The van der Waals surface area contributed by atoms with E-state index in [9.17, 15) is 14.0 Å². The van der Waals surface area contributed by atoms with Crippen molar-refractivity contribution in [3.05, 3.63) is 58.2 Å². The van der Waals surface area contributed by atoms with Gasteiger partial charge in [-0.25, -0.2) is 4.39 Å². The van der Waals surface area contributed by atoms with Crippen molar-refractivity contribution in [3.63, 3.8) is 0 Å². The van der Waals surface area contributed by atoms with E-state index in [2.05, 4.69) is 10.3 Å². The number of ketones is 1. The van der Waals surface area contributed by atoms with Crippen LogP contribution in [0, 0.1) is 12.7 Å². The quantitative estimate of drug-likeness (QED) is 0.848. The second-order valence-electron chi connectivity index (χ2n) is 7.84. The Morgan fingerprint density at radius 1 is 1.29 bits per heavy atom. The van der Waals surface area contributed by atoms with E-state index in [1.165, 1.54) is 6.07 Å².